The highest BCUT2D eigenvalue weighted by atomic mass is 127. The Morgan fingerprint density at radius 1 is 1.16 bits per heavy atom. The first-order chi connectivity index (χ1) is 8.84. The minimum absolute atomic E-state index is 0.0323. The quantitative estimate of drug-likeness (QED) is 0.572. The Hall–Kier alpha value is -1.70. The van der Waals surface area contributed by atoms with E-state index in [0.29, 0.717) is 20.4 Å². The number of halogens is 1. The van der Waals surface area contributed by atoms with Gasteiger partial charge in [-0.15, -0.1) is 0 Å². The second-order valence-corrected chi connectivity index (χ2v) is 5.31. The van der Waals surface area contributed by atoms with Crippen molar-refractivity contribution in [2.24, 2.45) is 0 Å². The van der Waals surface area contributed by atoms with Crippen LogP contribution in [0.25, 0.3) is 0 Å². The normalized spacial score (nSPS) is 15.4. The van der Waals surface area contributed by atoms with E-state index >= 15 is 0 Å². The summed E-state index contributed by atoms with van der Waals surface area (Å²) >= 11 is 1.83. The molecule has 0 N–H and O–H groups in total. The Morgan fingerprint density at radius 2 is 1.68 bits per heavy atom. The first-order valence-corrected chi connectivity index (χ1v) is 6.49. The van der Waals surface area contributed by atoms with Crippen LogP contribution in [0.1, 0.15) is 24.2 Å². The molecule has 5 nitrogen and oxygen atoms in total. The summed E-state index contributed by atoms with van der Waals surface area (Å²) in [7, 11) is 0. The number of imide groups is 1. The van der Waals surface area contributed by atoms with E-state index in [4.69, 9.17) is 0 Å². The SMILES string of the molecule is CC1=C(C)C(=O)N(c2ccc(C(=O)[O-])c(I)c2)C1=O. The van der Waals surface area contributed by atoms with Gasteiger partial charge in [0.25, 0.3) is 11.8 Å². The van der Waals surface area contributed by atoms with Crippen LogP contribution in [0.5, 0.6) is 0 Å². The molecule has 1 heterocycles. The van der Waals surface area contributed by atoms with Crippen LogP contribution in [0.4, 0.5) is 5.69 Å². The molecule has 0 unspecified atom stereocenters. The van der Waals surface area contributed by atoms with Gasteiger partial charge in [-0.25, -0.2) is 4.90 Å². The van der Waals surface area contributed by atoms with Crippen LogP contribution in [0.15, 0.2) is 29.3 Å². The maximum Gasteiger partial charge on any atom is 0.261 e. The minimum atomic E-state index is -1.29. The molecule has 0 spiro atoms. The third-order valence-electron chi connectivity index (χ3n) is 3.04. The molecular weight excluding hydrogens is 361 g/mol. The van der Waals surface area contributed by atoms with E-state index in [1.54, 1.807) is 13.8 Å². The van der Waals surface area contributed by atoms with Crippen molar-refractivity contribution >= 4 is 46.1 Å². The average molecular weight is 370 g/mol. The molecular formula is C13H9INO4-. The van der Waals surface area contributed by atoms with E-state index in [1.807, 2.05) is 22.6 Å². The molecule has 1 aliphatic rings. The van der Waals surface area contributed by atoms with E-state index < -0.39 is 5.97 Å². The van der Waals surface area contributed by atoms with Gasteiger partial charge in [-0.3, -0.25) is 9.59 Å². The van der Waals surface area contributed by atoms with Gasteiger partial charge in [-0.1, -0.05) is 6.07 Å². The lowest BCUT2D eigenvalue weighted by atomic mass is 10.2. The number of carboxylic acids is 1. The van der Waals surface area contributed by atoms with Crippen LogP contribution >= 0.6 is 22.6 Å². The molecule has 1 aromatic carbocycles. The number of anilines is 1. The standard InChI is InChI=1S/C13H10INO4/c1-6-7(2)12(17)15(11(6)16)8-3-4-9(13(18)19)10(14)5-8/h3-5H,1-2H3,(H,18,19)/p-1. The Balaban J connectivity index is 2.46. The largest absolute Gasteiger partial charge is 0.545 e. The van der Waals surface area contributed by atoms with E-state index in [0.717, 1.165) is 4.90 Å². The van der Waals surface area contributed by atoms with Gasteiger partial charge >= 0.3 is 0 Å². The zero-order valence-electron chi connectivity index (χ0n) is 10.2. The lowest BCUT2D eigenvalue weighted by molar-refractivity contribution is -0.255. The number of amides is 2. The Labute approximate surface area is 123 Å². The van der Waals surface area contributed by atoms with Crippen LogP contribution in [-0.2, 0) is 9.59 Å². The predicted molar refractivity (Wildman–Crippen MR) is 74.4 cm³/mol. The van der Waals surface area contributed by atoms with E-state index in [9.17, 15) is 19.5 Å². The van der Waals surface area contributed by atoms with Crippen molar-refractivity contribution < 1.29 is 19.5 Å². The second-order valence-electron chi connectivity index (χ2n) is 4.15. The third kappa shape index (κ3) is 2.16. The highest BCUT2D eigenvalue weighted by Gasteiger charge is 2.34. The van der Waals surface area contributed by atoms with Crippen LogP contribution in [0.3, 0.4) is 0 Å². The van der Waals surface area contributed by atoms with Crippen molar-refractivity contribution in [3.63, 3.8) is 0 Å². The van der Waals surface area contributed by atoms with Gasteiger partial charge in [-0.05, 0) is 48.6 Å². The number of carbonyl (C=O) groups is 3. The van der Waals surface area contributed by atoms with Crippen molar-refractivity contribution in [1.82, 2.24) is 0 Å². The Morgan fingerprint density at radius 3 is 2.11 bits per heavy atom. The van der Waals surface area contributed by atoms with Crippen molar-refractivity contribution in [1.29, 1.82) is 0 Å². The number of nitrogens with zero attached hydrogens (tertiary/aromatic N) is 1. The summed E-state index contributed by atoms with van der Waals surface area (Å²) in [4.78, 5) is 35.8. The van der Waals surface area contributed by atoms with Crippen LogP contribution < -0.4 is 10.0 Å². The van der Waals surface area contributed by atoms with Crippen molar-refractivity contribution in [2.75, 3.05) is 4.90 Å². The lowest BCUT2D eigenvalue weighted by Crippen LogP contribution is -2.31. The average Bonchev–Trinajstić information content (AvgIpc) is 2.53. The van der Waals surface area contributed by atoms with Gasteiger partial charge in [0.2, 0.25) is 0 Å². The lowest BCUT2D eigenvalue weighted by Gasteiger charge is -2.16. The maximum absolute atomic E-state index is 12.0. The van der Waals surface area contributed by atoms with Crippen LogP contribution in [0.2, 0.25) is 0 Å². The third-order valence-corrected chi connectivity index (χ3v) is 3.93. The predicted octanol–water partition coefficient (Wildman–Crippen LogP) is 0.864. The Kier molecular flexibility index (Phi) is 3.44. The summed E-state index contributed by atoms with van der Waals surface area (Å²) in [5.74, 6) is -2.04. The van der Waals surface area contributed by atoms with E-state index in [1.165, 1.54) is 18.2 Å². The monoisotopic (exact) mass is 370 g/mol. The number of benzene rings is 1. The molecule has 1 aliphatic heterocycles. The van der Waals surface area contributed by atoms with Gasteiger partial charge in [0.15, 0.2) is 0 Å². The zero-order valence-corrected chi connectivity index (χ0v) is 12.3. The fourth-order valence-corrected chi connectivity index (χ4v) is 2.51. The molecule has 98 valence electrons. The highest BCUT2D eigenvalue weighted by Crippen LogP contribution is 2.28. The molecule has 0 aromatic heterocycles. The molecule has 0 fully saturated rings. The molecule has 6 heteroatoms. The number of hydrogen-bond acceptors (Lipinski definition) is 4. The maximum atomic E-state index is 12.0. The van der Waals surface area contributed by atoms with Gasteiger partial charge in [-0.2, -0.15) is 0 Å². The smallest absolute Gasteiger partial charge is 0.261 e. The molecule has 0 bridgehead atoms. The summed E-state index contributed by atoms with van der Waals surface area (Å²) in [6.07, 6.45) is 0. The first-order valence-electron chi connectivity index (χ1n) is 5.41. The molecule has 2 rings (SSSR count). The summed E-state index contributed by atoms with van der Waals surface area (Å²) < 4.78 is 0.415. The fraction of sp³-hybridized carbons (Fsp3) is 0.154. The topological polar surface area (TPSA) is 77.5 Å². The van der Waals surface area contributed by atoms with Gasteiger partial charge < -0.3 is 9.90 Å². The number of carboxylic acid groups (broad SMARTS) is 1. The van der Waals surface area contributed by atoms with Crippen LogP contribution in [-0.4, -0.2) is 17.8 Å². The number of carbonyl (C=O) groups excluding carboxylic acids is 3. The molecule has 0 atom stereocenters. The molecule has 2 amide bonds. The summed E-state index contributed by atoms with van der Waals surface area (Å²) in [6, 6.07) is 4.23. The van der Waals surface area contributed by atoms with Gasteiger partial charge in [0.1, 0.15) is 0 Å². The van der Waals surface area contributed by atoms with E-state index in [2.05, 4.69) is 0 Å². The van der Waals surface area contributed by atoms with E-state index in [-0.39, 0.29) is 17.4 Å². The number of rotatable bonds is 2. The minimum Gasteiger partial charge on any atom is -0.545 e. The molecule has 0 aliphatic carbocycles. The van der Waals surface area contributed by atoms with Gasteiger partial charge in [0.05, 0.1) is 11.7 Å². The van der Waals surface area contributed by atoms with Crippen molar-refractivity contribution in [3.05, 3.63) is 38.5 Å². The van der Waals surface area contributed by atoms with Crippen LogP contribution in [0, 0.1) is 3.57 Å². The molecule has 0 saturated carbocycles. The number of aromatic carboxylic acids is 1. The zero-order chi connectivity index (χ0) is 14.3. The summed E-state index contributed by atoms with van der Waals surface area (Å²) in [6.45, 7) is 3.19. The van der Waals surface area contributed by atoms with Crippen molar-refractivity contribution in [3.8, 4) is 0 Å². The number of hydrogen-bond donors (Lipinski definition) is 0. The molecule has 0 radical (unpaired) electrons. The highest BCUT2D eigenvalue weighted by molar-refractivity contribution is 14.1. The van der Waals surface area contributed by atoms with Crippen molar-refractivity contribution in [2.45, 2.75) is 13.8 Å². The fourth-order valence-electron chi connectivity index (χ4n) is 1.79. The first kappa shape index (κ1) is 13.7. The summed E-state index contributed by atoms with van der Waals surface area (Å²) in [5, 5.41) is 10.8. The Bertz CT molecular complexity index is 624. The van der Waals surface area contributed by atoms with Gasteiger partial charge in [0, 0.05) is 20.3 Å². The molecule has 19 heavy (non-hydrogen) atoms. The molecule has 0 saturated heterocycles. The molecule has 1 aromatic rings. The summed E-state index contributed by atoms with van der Waals surface area (Å²) in [5.41, 5.74) is 1.21. The second kappa shape index (κ2) is 4.76.